The molecule has 2 aromatic rings. The molecule has 1 aromatic carbocycles. The minimum atomic E-state index is 0.0526. The molecule has 3 heterocycles. The lowest BCUT2D eigenvalue weighted by Gasteiger charge is -2.35. The standard InChI is InChI=1S/C21H28N2O2/c24-21(20-14-18-9-3-4-10-19(18)25-20)23-13-7-8-17(16-23)15-22-11-5-1-2-6-12-22/h3-4,9-10,14,17H,1-2,5-8,11-13,15-16H2. The molecule has 0 spiro atoms. The predicted octanol–water partition coefficient (Wildman–Crippen LogP) is 4.16. The Hall–Kier alpha value is -1.81. The topological polar surface area (TPSA) is 36.7 Å². The van der Waals surface area contributed by atoms with E-state index in [0.29, 0.717) is 11.7 Å². The third kappa shape index (κ3) is 3.90. The quantitative estimate of drug-likeness (QED) is 0.842. The van der Waals surface area contributed by atoms with Crippen LogP contribution in [0.1, 0.15) is 49.1 Å². The van der Waals surface area contributed by atoms with Crippen LogP contribution in [0.5, 0.6) is 0 Å². The van der Waals surface area contributed by atoms with Gasteiger partial charge in [-0.3, -0.25) is 4.79 Å². The highest BCUT2D eigenvalue weighted by molar-refractivity contribution is 5.96. The fourth-order valence-corrected chi connectivity index (χ4v) is 4.33. The molecule has 4 rings (SSSR count). The number of rotatable bonds is 3. The van der Waals surface area contributed by atoms with Crippen molar-refractivity contribution < 1.29 is 9.21 Å². The van der Waals surface area contributed by atoms with Gasteiger partial charge in [-0.2, -0.15) is 0 Å². The number of nitrogens with zero attached hydrogens (tertiary/aromatic N) is 2. The lowest BCUT2D eigenvalue weighted by molar-refractivity contribution is 0.0612. The van der Waals surface area contributed by atoms with Crippen LogP contribution in [-0.4, -0.2) is 48.4 Å². The molecule has 4 nitrogen and oxygen atoms in total. The van der Waals surface area contributed by atoms with E-state index >= 15 is 0 Å². The first kappa shape index (κ1) is 16.6. The number of para-hydroxylation sites is 1. The van der Waals surface area contributed by atoms with Gasteiger partial charge in [0, 0.05) is 25.0 Å². The van der Waals surface area contributed by atoms with Crippen molar-refractivity contribution in [1.82, 2.24) is 9.80 Å². The molecule has 1 aromatic heterocycles. The number of likely N-dealkylation sites (tertiary alicyclic amines) is 2. The molecule has 2 aliphatic heterocycles. The van der Waals surface area contributed by atoms with Crippen LogP contribution in [0.4, 0.5) is 0 Å². The monoisotopic (exact) mass is 340 g/mol. The summed E-state index contributed by atoms with van der Waals surface area (Å²) in [5, 5.41) is 1.00. The Bertz CT molecular complexity index is 683. The molecule has 2 saturated heterocycles. The summed E-state index contributed by atoms with van der Waals surface area (Å²) in [6, 6.07) is 9.72. The second-order valence-corrected chi connectivity index (χ2v) is 7.62. The maximum atomic E-state index is 12.9. The molecular weight excluding hydrogens is 312 g/mol. The van der Waals surface area contributed by atoms with Gasteiger partial charge in [0.05, 0.1) is 0 Å². The fraction of sp³-hybridized carbons (Fsp3) is 0.571. The molecule has 0 bridgehead atoms. The first-order valence-corrected chi connectivity index (χ1v) is 9.80. The highest BCUT2D eigenvalue weighted by Gasteiger charge is 2.27. The summed E-state index contributed by atoms with van der Waals surface area (Å²) in [6.07, 6.45) is 7.74. The van der Waals surface area contributed by atoms with Crippen LogP contribution < -0.4 is 0 Å². The Balaban J connectivity index is 1.40. The van der Waals surface area contributed by atoms with Crippen molar-refractivity contribution in [3.8, 4) is 0 Å². The van der Waals surface area contributed by atoms with Gasteiger partial charge >= 0.3 is 0 Å². The van der Waals surface area contributed by atoms with Crippen molar-refractivity contribution in [3.63, 3.8) is 0 Å². The van der Waals surface area contributed by atoms with Gasteiger partial charge in [-0.25, -0.2) is 0 Å². The van der Waals surface area contributed by atoms with Gasteiger partial charge in [0.25, 0.3) is 5.91 Å². The van der Waals surface area contributed by atoms with Crippen LogP contribution in [0.25, 0.3) is 11.0 Å². The Morgan fingerprint density at radius 2 is 1.84 bits per heavy atom. The van der Waals surface area contributed by atoms with Crippen LogP contribution >= 0.6 is 0 Å². The maximum absolute atomic E-state index is 12.9. The van der Waals surface area contributed by atoms with Gasteiger partial charge in [0.1, 0.15) is 5.58 Å². The number of carbonyl (C=O) groups is 1. The highest BCUT2D eigenvalue weighted by atomic mass is 16.3. The molecule has 0 N–H and O–H groups in total. The van der Waals surface area contributed by atoms with Crippen LogP contribution in [-0.2, 0) is 0 Å². The van der Waals surface area contributed by atoms with Gasteiger partial charge in [-0.15, -0.1) is 0 Å². The van der Waals surface area contributed by atoms with Crippen molar-refractivity contribution >= 4 is 16.9 Å². The molecule has 1 atom stereocenters. The summed E-state index contributed by atoms with van der Waals surface area (Å²) in [5.41, 5.74) is 0.795. The molecule has 1 unspecified atom stereocenters. The molecule has 2 aliphatic rings. The van der Waals surface area contributed by atoms with Gasteiger partial charge in [0.2, 0.25) is 0 Å². The average Bonchev–Trinajstić information content (AvgIpc) is 2.92. The Labute approximate surface area is 149 Å². The minimum Gasteiger partial charge on any atom is -0.451 e. The summed E-state index contributed by atoms with van der Waals surface area (Å²) in [6.45, 7) is 5.32. The number of fused-ring (bicyclic) bond motifs is 1. The number of amides is 1. The number of hydrogen-bond acceptors (Lipinski definition) is 3. The van der Waals surface area contributed by atoms with Crippen molar-refractivity contribution in [2.24, 2.45) is 5.92 Å². The normalized spacial score (nSPS) is 22.9. The van der Waals surface area contributed by atoms with E-state index in [1.807, 2.05) is 35.2 Å². The summed E-state index contributed by atoms with van der Waals surface area (Å²) in [5.74, 6) is 1.13. The summed E-state index contributed by atoms with van der Waals surface area (Å²) in [4.78, 5) is 17.5. The molecule has 25 heavy (non-hydrogen) atoms. The SMILES string of the molecule is O=C(c1cc2ccccc2o1)N1CCCC(CN2CCCCCC2)C1. The molecule has 0 aliphatic carbocycles. The van der Waals surface area contributed by atoms with Crippen LogP contribution in [0, 0.1) is 5.92 Å². The zero-order chi connectivity index (χ0) is 17.1. The maximum Gasteiger partial charge on any atom is 0.289 e. The van der Waals surface area contributed by atoms with Gasteiger partial charge in [0.15, 0.2) is 5.76 Å². The number of benzene rings is 1. The van der Waals surface area contributed by atoms with Gasteiger partial charge in [-0.05, 0) is 56.8 Å². The van der Waals surface area contributed by atoms with E-state index in [-0.39, 0.29) is 5.91 Å². The van der Waals surface area contributed by atoms with Gasteiger partial charge in [-0.1, -0.05) is 31.0 Å². The zero-order valence-electron chi connectivity index (χ0n) is 15.0. The van der Waals surface area contributed by atoms with Crippen molar-refractivity contribution in [3.05, 3.63) is 36.1 Å². The Kier molecular flexibility index (Phi) is 5.07. The van der Waals surface area contributed by atoms with E-state index in [0.717, 1.165) is 37.0 Å². The van der Waals surface area contributed by atoms with E-state index in [1.54, 1.807) is 0 Å². The summed E-state index contributed by atoms with van der Waals surface area (Å²) >= 11 is 0. The number of piperidine rings is 1. The lowest BCUT2D eigenvalue weighted by Crippen LogP contribution is -2.43. The van der Waals surface area contributed by atoms with Crippen LogP contribution in [0.2, 0.25) is 0 Å². The van der Waals surface area contributed by atoms with E-state index in [4.69, 9.17) is 4.42 Å². The average molecular weight is 340 g/mol. The van der Waals surface area contributed by atoms with Gasteiger partial charge < -0.3 is 14.2 Å². The first-order valence-electron chi connectivity index (χ1n) is 9.80. The molecule has 134 valence electrons. The second kappa shape index (κ2) is 7.61. The molecule has 1 amide bonds. The number of carbonyl (C=O) groups excluding carboxylic acids is 1. The predicted molar refractivity (Wildman–Crippen MR) is 99.7 cm³/mol. The highest BCUT2D eigenvalue weighted by Crippen LogP contribution is 2.24. The second-order valence-electron chi connectivity index (χ2n) is 7.62. The minimum absolute atomic E-state index is 0.0526. The van der Waals surface area contributed by atoms with Crippen LogP contribution in [0.3, 0.4) is 0 Å². The van der Waals surface area contributed by atoms with E-state index in [2.05, 4.69) is 4.90 Å². The third-order valence-electron chi connectivity index (χ3n) is 5.66. The van der Waals surface area contributed by atoms with Crippen LogP contribution in [0.15, 0.2) is 34.7 Å². The third-order valence-corrected chi connectivity index (χ3v) is 5.66. The Morgan fingerprint density at radius 3 is 2.64 bits per heavy atom. The van der Waals surface area contributed by atoms with Crippen molar-refractivity contribution in [1.29, 1.82) is 0 Å². The zero-order valence-corrected chi connectivity index (χ0v) is 15.0. The molecular formula is C21H28N2O2. The van der Waals surface area contributed by atoms with Crippen molar-refractivity contribution in [2.75, 3.05) is 32.7 Å². The van der Waals surface area contributed by atoms with E-state index < -0.39 is 0 Å². The largest absolute Gasteiger partial charge is 0.451 e. The van der Waals surface area contributed by atoms with E-state index in [1.165, 1.54) is 45.2 Å². The van der Waals surface area contributed by atoms with E-state index in [9.17, 15) is 4.79 Å². The molecule has 2 fully saturated rings. The smallest absolute Gasteiger partial charge is 0.289 e. The molecule has 0 radical (unpaired) electrons. The lowest BCUT2D eigenvalue weighted by atomic mass is 9.97. The number of hydrogen-bond donors (Lipinski definition) is 0. The summed E-state index contributed by atoms with van der Waals surface area (Å²) < 4.78 is 5.78. The molecule has 0 saturated carbocycles. The first-order chi connectivity index (χ1) is 12.3. The van der Waals surface area contributed by atoms with Crippen molar-refractivity contribution in [2.45, 2.75) is 38.5 Å². The summed E-state index contributed by atoms with van der Waals surface area (Å²) in [7, 11) is 0. The Morgan fingerprint density at radius 1 is 1.04 bits per heavy atom. The number of furan rings is 1. The fourth-order valence-electron chi connectivity index (χ4n) is 4.33. The molecule has 4 heteroatoms.